The number of benzene rings is 1. The number of aliphatic hydroxyl groups is 2. The van der Waals surface area contributed by atoms with Crippen LogP contribution in [0.25, 0.3) is 0 Å². The summed E-state index contributed by atoms with van der Waals surface area (Å²) in [6.07, 6.45) is 8.13. The van der Waals surface area contributed by atoms with Crippen LogP contribution in [-0.2, 0) is 16.0 Å². The number of likely N-dealkylation sites (tertiary alicyclic amines) is 1. The fourth-order valence-electron chi connectivity index (χ4n) is 6.12. The third kappa shape index (κ3) is 9.97. The summed E-state index contributed by atoms with van der Waals surface area (Å²) in [7, 11) is 0. The highest BCUT2D eigenvalue weighted by Crippen LogP contribution is 2.36. The van der Waals surface area contributed by atoms with Crippen LogP contribution >= 0.6 is 0 Å². The molecule has 7 N–H and O–H groups in total. The van der Waals surface area contributed by atoms with E-state index in [4.69, 9.17) is 5.73 Å². The molecule has 1 aromatic rings. The molecule has 2 saturated carbocycles. The number of carbonyl (C=O) groups excluding carboxylic acids is 3. The number of piperidine rings is 1. The Morgan fingerprint density at radius 2 is 1.61 bits per heavy atom. The van der Waals surface area contributed by atoms with Gasteiger partial charge in [-0.3, -0.25) is 9.59 Å². The van der Waals surface area contributed by atoms with Gasteiger partial charge in [0.25, 0.3) is 0 Å². The minimum atomic E-state index is -1.00. The van der Waals surface area contributed by atoms with E-state index >= 15 is 0 Å². The molecule has 10 heteroatoms. The molecule has 41 heavy (non-hydrogen) atoms. The summed E-state index contributed by atoms with van der Waals surface area (Å²) in [6, 6.07) is 7.99. The number of nitrogens with two attached hydrogens (primary N) is 1. The van der Waals surface area contributed by atoms with Gasteiger partial charge in [-0.2, -0.15) is 0 Å². The molecule has 4 atom stereocenters. The highest BCUT2D eigenvalue weighted by Gasteiger charge is 2.39. The smallest absolute Gasteiger partial charge is 0.318 e. The van der Waals surface area contributed by atoms with Gasteiger partial charge in [0.2, 0.25) is 11.8 Å². The second kappa shape index (κ2) is 15.5. The van der Waals surface area contributed by atoms with Crippen LogP contribution < -0.4 is 21.7 Å². The Morgan fingerprint density at radius 3 is 2.27 bits per heavy atom. The van der Waals surface area contributed by atoms with Crippen molar-refractivity contribution in [2.45, 2.75) is 107 Å². The van der Waals surface area contributed by atoms with Gasteiger partial charge in [0.15, 0.2) is 0 Å². The highest BCUT2D eigenvalue weighted by atomic mass is 16.3. The number of amides is 4. The monoisotopic (exact) mass is 571 g/mol. The van der Waals surface area contributed by atoms with Gasteiger partial charge in [0.1, 0.15) is 12.1 Å². The molecule has 10 nitrogen and oxygen atoms in total. The van der Waals surface area contributed by atoms with Gasteiger partial charge in [0.05, 0.1) is 12.1 Å². The molecule has 0 unspecified atom stereocenters. The first-order chi connectivity index (χ1) is 19.8. The van der Waals surface area contributed by atoms with E-state index in [-0.39, 0.29) is 42.8 Å². The van der Waals surface area contributed by atoms with Crippen molar-refractivity contribution >= 4 is 17.8 Å². The SMILES string of the molecule is NC1CCN(C(=O)N[C@@H](Cc2ccccc2)C(=O)NCCC(=O)N[C@@H](CC2CCCCC2)[C@@H](O)[C@@H](O)C2CC2)CC1. The predicted octanol–water partition coefficient (Wildman–Crippen LogP) is 1.82. The van der Waals surface area contributed by atoms with Crippen LogP contribution in [0, 0.1) is 11.8 Å². The fourth-order valence-corrected chi connectivity index (χ4v) is 6.12. The Bertz CT molecular complexity index is 976. The Morgan fingerprint density at radius 1 is 0.927 bits per heavy atom. The van der Waals surface area contributed by atoms with E-state index in [0.717, 1.165) is 56.9 Å². The lowest BCUT2D eigenvalue weighted by molar-refractivity contribution is -0.124. The molecule has 0 bridgehead atoms. The summed E-state index contributed by atoms with van der Waals surface area (Å²) in [5, 5.41) is 30.2. The predicted molar refractivity (Wildman–Crippen MR) is 157 cm³/mol. The van der Waals surface area contributed by atoms with Gasteiger partial charge < -0.3 is 36.8 Å². The van der Waals surface area contributed by atoms with Crippen molar-refractivity contribution in [3.05, 3.63) is 35.9 Å². The van der Waals surface area contributed by atoms with E-state index in [1.807, 2.05) is 30.3 Å². The number of hydrogen-bond donors (Lipinski definition) is 6. The van der Waals surface area contributed by atoms with Crippen LogP contribution in [0.3, 0.4) is 0 Å². The molecule has 0 spiro atoms. The number of aliphatic hydroxyl groups excluding tert-OH is 2. The lowest BCUT2D eigenvalue weighted by atomic mass is 9.82. The number of carbonyl (C=O) groups is 3. The molecule has 3 fully saturated rings. The highest BCUT2D eigenvalue weighted by molar-refractivity contribution is 5.87. The molecule has 4 rings (SSSR count). The van der Waals surface area contributed by atoms with E-state index in [2.05, 4.69) is 16.0 Å². The van der Waals surface area contributed by atoms with E-state index in [1.54, 1.807) is 4.90 Å². The molecule has 1 aromatic carbocycles. The van der Waals surface area contributed by atoms with Gasteiger partial charge in [-0.25, -0.2) is 4.79 Å². The second-order valence-corrected chi connectivity index (χ2v) is 12.3. The largest absolute Gasteiger partial charge is 0.390 e. The number of rotatable bonds is 13. The lowest BCUT2D eigenvalue weighted by Crippen LogP contribution is -2.54. The summed E-state index contributed by atoms with van der Waals surface area (Å²) in [5.74, 6) is -0.102. The first-order valence-electron chi connectivity index (χ1n) is 15.6. The third-order valence-electron chi connectivity index (χ3n) is 8.90. The first-order valence-corrected chi connectivity index (χ1v) is 15.6. The number of urea groups is 1. The van der Waals surface area contributed by atoms with Gasteiger partial charge in [-0.15, -0.1) is 0 Å². The number of hydrogen-bond acceptors (Lipinski definition) is 6. The van der Waals surface area contributed by atoms with Crippen molar-refractivity contribution in [2.75, 3.05) is 19.6 Å². The average molecular weight is 572 g/mol. The molecule has 0 aromatic heterocycles. The lowest BCUT2D eigenvalue weighted by Gasteiger charge is -2.32. The topological polar surface area (TPSA) is 157 Å². The molecular weight excluding hydrogens is 522 g/mol. The fraction of sp³-hybridized carbons (Fsp3) is 0.710. The summed E-state index contributed by atoms with van der Waals surface area (Å²) in [6.45, 7) is 1.20. The van der Waals surface area contributed by atoms with Crippen LogP contribution in [0.4, 0.5) is 4.79 Å². The van der Waals surface area contributed by atoms with E-state index in [9.17, 15) is 24.6 Å². The van der Waals surface area contributed by atoms with Crippen LogP contribution in [0.1, 0.15) is 76.2 Å². The molecule has 228 valence electrons. The molecule has 0 radical (unpaired) electrons. The van der Waals surface area contributed by atoms with E-state index < -0.39 is 24.3 Å². The molecule has 4 amide bonds. The number of nitrogens with zero attached hydrogens (tertiary/aromatic N) is 1. The van der Waals surface area contributed by atoms with Crippen molar-refractivity contribution in [1.29, 1.82) is 0 Å². The standard InChI is InChI=1S/C31H49N5O5/c32-24-14-17-36(18-15-24)31(41)35-26(20-22-9-5-2-6-10-22)30(40)33-16-13-27(37)34-25(19-21-7-3-1-4-8-21)29(39)28(38)23-11-12-23/h2,5-6,9-10,21,23-26,28-29,38-39H,1,3-4,7-8,11-20,32H2,(H,33,40)(H,34,37)(H,35,41)/t25-,26-,28-,29+/m0/s1. The Kier molecular flexibility index (Phi) is 11.8. The molecule has 3 aliphatic rings. The normalized spacial score (nSPS) is 21.4. The Hall–Kier alpha value is -2.69. The maximum Gasteiger partial charge on any atom is 0.318 e. The van der Waals surface area contributed by atoms with Crippen LogP contribution in [0.15, 0.2) is 30.3 Å². The second-order valence-electron chi connectivity index (χ2n) is 12.3. The van der Waals surface area contributed by atoms with Gasteiger partial charge in [0, 0.05) is 38.5 Å². The van der Waals surface area contributed by atoms with Gasteiger partial charge in [-0.1, -0.05) is 62.4 Å². The van der Waals surface area contributed by atoms with Crippen LogP contribution in [0.5, 0.6) is 0 Å². The minimum absolute atomic E-state index is 0.0369. The molecule has 1 aliphatic heterocycles. The molecule has 1 heterocycles. The summed E-state index contributed by atoms with van der Waals surface area (Å²) >= 11 is 0. The van der Waals surface area contributed by atoms with Gasteiger partial charge >= 0.3 is 6.03 Å². The third-order valence-corrected chi connectivity index (χ3v) is 8.90. The van der Waals surface area contributed by atoms with Crippen LogP contribution in [0.2, 0.25) is 0 Å². The average Bonchev–Trinajstić information content (AvgIpc) is 3.83. The molecular formula is C31H49N5O5. The van der Waals surface area contributed by atoms with Crippen molar-refractivity contribution in [3.63, 3.8) is 0 Å². The maximum atomic E-state index is 13.2. The quantitative estimate of drug-likeness (QED) is 0.212. The number of nitrogens with one attached hydrogen (secondary N) is 3. The minimum Gasteiger partial charge on any atom is -0.390 e. The summed E-state index contributed by atoms with van der Waals surface area (Å²) in [5.41, 5.74) is 6.89. The zero-order chi connectivity index (χ0) is 29.2. The van der Waals surface area contributed by atoms with Crippen molar-refractivity contribution < 1.29 is 24.6 Å². The van der Waals surface area contributed by atoms with Crippen molar-refractivity contribution in [1.82, 2.24) is 20.9 Å². The van der Waals surface area contributed by atoms with E-state index in [0.29, 0.717) is 31.8 Å². The van der Waals surface area contributed by atoms with Crippen molar-refractivity contribution in [3.8, 4) is 0 Å². The maximum absolute atomic E-state index is 13.2. The van der Waals surface area contributed by atoms with Gasteiger partial charge in [-0.05, 0) is 49.5 Å². The van der Waals surface area contributed by atoms with Crippen LogP contribution in [-0.4, -0.2) is 82.9 Å². The summed E-state index contributed by atoms with van der Waals surface area (Å²) < 4.78 is 0. The zero-order valence-corrected chi connectivity index (χ0v) is 24.2. The van der Waals surface area contributed by atoms with E-state index in [1.165, 1.54) is 6.42 Å². The molecule has 1 saturated heterocycles. The summed E-state index contributed by atoms with van der Waals surface area (Å²) in [4.78, 5) is 40.7. The molecule has 2 aliphatic carbocycles. The van der Waals surface area contributed by atoms with Crippen molar-refractivity contribution in [2.24, 2.45) is 17.6 Å². The zero-order valence-electron chi connectivity index (χ0n) is 24.2. The Balaban J connectivity index is 1.29. The first kappa shape index (κ1) is 31.3. The Labute approximate surface area is 243 Å².